The normalized spacial score (nSPS) is 23.1. The molecule has 0 saturated carbocycles. The first-order valence-electron chi connectivity index (χ1n) is 6.90. The molecule has 1 aromatic carbocycles. The first kappa shape index (κ1) is 14.5. The Morgan fingerprint density at radius 3 is 3.00 bits per heavy atom. The summed E-state index contributed by atoms with van der Waals surface area (Å²) in [4.78, 5) is 12.0. The fraction of sp³-hybridized carbons (Fsp3) is 0.533. The Kier molecular flexibility index (Phi) is 5.40. The van der Waals surface area contributed by atoms with E-state index in [9.17, 15) is 4.79 Å². The minimum Gasteiger partial charge on any atom is -0.353 e. The van der Waals surface area contributed by atoms with Gasteiger partial charge in [0.25, 0.3) is 0 Å². The Morgan fingerprint density at radius 2 is 2.26 bits per heavy atom. The third kappa shape index (κ3) is 4.32. The van der Waals surface area contributed by atoms with Crippen LogP contribution in [0.4, 0.5) is 0 Å². The van der Waals surface area contributed by atoms with E-state index in [4.69, 9.17) is 0 Å². The van der Waals surface area contributed by atoms with Gasteiger partial charge in [0.2, 0.25) is 5.91 Å². The van der Waals surface area contributed by atoms with Crippen molar-refractivity contribution < 1.29 is 4.79 Å². The van der Waals surface area contributed by atoms with Gasteiger partial charge in [-0.25, -0.2) is 0 Å². The molecule has 0 aromatic heterocycles. The highest BCUT2D eigenvalue weighted by Crippen LogP contribution is 2.17. The van der Waals surface area contributed by atoms with Crippen LogP contribution < -0.4 is 10.6 Å². The van der Waals surface area contributed by atoms with Crippen LogP contribution in [0.5, 0.6) is 0 Å². The van der Waals surface area contributed by atoms with Gasteiger partial charge in [-0.2, -0.15) is 0 Å². The number of carbonyl (C=O) groups excluding carboxylic acids is 1. The zero-order valence-corrected chi connectivity index (χ0v) is 12.9. The van der Waals surface area contributed by atoms with Crippen LogP contribution in [0, 0.1) is 5.92 Å². The van der Waals surface area contributed by atoms with Gasteiger partial charge in [-0.05, 0) is 43.5 Å². The molecular weight excluding hydrogens is 304 g/mol. The summed E-state index contributed by atoms with van der Waals surface area (Å²) in [6, 6.07) is 8.40. The molecule has 3 nitrogen and oxygen atoms in total. The van der Waals surface area contributed by atoms with Crippen LogP contribution in [0.1, 0.15) is 25.3 Å². The Bertz CT molecular complexity index is 436. The molecule has 1 amide bonds. The van der Waals surface area contributed by atoms with E-state index in [2.05, 4.69) is 39.6 Å². The quantitative estimate of drug-likeness (QED) is 0.893. The van der Waals surface area contributed by atoms with Gasteiger partial charge < -0.3 is 10.6 Å². The highest BCUT2D eigenvalue weighted by Gasteiger charge is 2.22. The summed E-state index contributed by atoms with van der Waals surface area (Å²) >= 11 is 3.51. The Morgan fingerprint density at radius 1 is 1.47 bits per heavy atom. The molecular formula is C15H21BrN2O. The van der Waals surface area contributed by atoms with Crippen LogP contribution in [0.25, 0.3) is 0 Å². The summed E-state index contributed by atoms with van der Waals surface area (Å²) < 4.78 is 1.08. The van der Waals surface area contributed by atoms with Crippen molar-refractivity contribution in [3.8, 4) is 0 Å². The highest BCUT2D eigenvalue weighted by molar-refractivity contribution is 9.10. The van der Waals surface area contributed by atoms with Gasteiger partial charge in [0.15, 0.2) is 0 Å². The summed E-state index contributed by atoms with van der Waals surface area (Å²) in [5, 5.41) is 6.51. The van der Waals surface area contributed by atoms with Gasteiger partial charge in [0.1, 0.15) is 0 Å². The van der Waals surface area contributed by atoms with E-state index < -0.39 is 0 Å². The molecule has 1 heterocycles. The van der Waals surface area contributed by atoms with Crippen molar-refractivity contribution in [2.45, 2.75) is 32.2 Å². The summed E-state index contributed by atoms with van der Waals surface area (Å²) in [5.41, 5.74) is 1.19. The molecule has 2 unspecified atom stereocenters. The largest absolute Gasteiger partial charge is 0.353 e. The molecule has 0 radical (unpaired) electrons. The lowest BCUT2D eigenvalue weighted by Crippen LogP contribution is -2.48. The lowest BCUT2D eigenvalue weighted by Gasteiger charge is -2.30. The maximum Gasteiger partial charge on any atom is 0.220 e. The molecule has 19 heavy (non-hydrogen) atoms. The second-order valence-corrected chi connectivity index (χ2v) is 6.09. The average Bonchev–Trinajstić information content (AvgIpc) is 2.40. The Hall–Kier alpha value is -0.870. The number of carbonyl (C=O) groups is 1. The minimum atomic E-state index is 0.162. The first-order chi connectivity index (χ1) is 9.16. The Labute approximate surface area is 123 Å². The predicted octanol–water partition coefficient (Wildman–Crippen LogP) is 2.50. The number of aryl methyl sites for hydroxylation is 1. The van der Waals surface area contributed by atoms with E-state index in [0.29, 0.717) is 18.4 Å². The maximum atomic E-state index is 12.0. The third-order valence-electron chi connectivity index (χ3n) is 3.71. The topological polar surface area (TPSA) is 41.1 Å². The van der Waals surface area contributed by atoms with E-state index in [-0.39, 0.29) is 5.91 Å². The minimum absolute atomic E-state index is 0.162. The number of hydrogen-bond acceptors (Lipinski definition) is 2. The van der Waals surface area contributed by atoms with Gasteiger partial charge >= 0.3 is 0 Å². The molecule has 0 aliphatic carbocycles. The molecule has 1 aromatic rings. The van der Waals surface area contributed by atoms with Gasteiger partial charge in [-0.1, -0.05) is 41.1 Å². The fourth-order valence-corrected chi connectivity index (χ4v) is 2.94. The number of amides is 1. The number of piperidine rings is 1. The zero-order chi connectivity index (χ0) is 13.7. The van der Waals surface area contributed by atoms with Crippen LogP contribution in [0.3, 0.4) is 0 Å². The van der Waals surface area contributed by atoms with Crippen molar-refractivity contribution >= 4 is 21.8 Å². The molecule has 1 aliphatic heterocycles. The SMILES string of the molecule is CC1CNCCC1NC(=O)CCc1ccccc1Br. The Balaban J connectivity index is 1.80. The summed E-state index contributed by atoms with van der Waals surface area (Å²) in [7, 11) is 0. The summed E-state index contributed by atoms with van der Waals surface area (Å²) in [6.07, 6.45) is 2.37. The molecule has 4 heteroatoms. The molecule has 2 rings (SSSR count). The lowest BCUT2D eigenvalue weighted by molar-refractivity contribution is -0.122. The van der Waals surface area contributed by atoms with Gasteiger partial charge in [0.05, 0.1) is 0 Å². The molecule has 2 N–H and O–H groups in total. The molecule has 1 fully saturated rings. The van der Waals surface area contributed by atoms with Crippen LogP contribution in [0.15, 0.2) is 28.7 Å². The van der Waals surface area contributed by atoms with Gasteiger partial charge in [0, 0.05) is 16.9 Å². The van der Waals surface area contributed by atoms with Crippen molar-refractivity contribution in [1.29, 1.82) is 0 Å². The van der Waals surface area contributed by atoms with Crippen LogP contribution >= 0.6 is 15.9 Å². The number of benzene rings is 1. The van der Waals surface area contributed by atoms with Crippen LogP contribution in [-0.2, 0) is 11.2 Å². The second-order valence-electron chi connectivity index (χ2n) is 5.24. The lowest BCUT2D eigenvalue weighted by atomic mass is 9.95. The first-order valence-corrected chi connectivity index (χ1v) is 7.69. The summed E-state index contributed by atoms with van der Waals surface area (Å²) in [5.74, 6) is 0.677. The number of rotatable bonds is 4. The number of nitrogens with one attached hydrogen (secondary N) is 2. The van der Waals surface area contributed by atoms with E-state index in [0.717, 1.165) is 30.4 Å². The average molecular weight is 325 g/mol. The zero-order valence-electron chi connectivity index (χ0n) is 11.3. The predicted molar refractivity (Wildman–Crippen MR) is 81.0 cm³/mol. The van der Waals surface area contributed by atoms with Crippen molar-refractivity contribution in [3.05, 3.63) is 34.3 Å². The molecule has 0 spiro atoms. The molecule has 104 valence electrons. The molecule has 1 saturated heterocycles. The van der Waals surface area contributed by atoms with E-state index in [1.807, 2.05) is 18.2 Å². The number of hydrogen-bond donors (Lipinski definition) is 2. The van der Waals surface area contributed by atoms with Crippen molar-refractivity contribution in [2.24, 2.45) is 5.92 Å². The van der Waals surface area contributed by atoms with Crippen LogP contribution in [-0.4, -0.2) is 25.0 Å². The molecule has 1 aliphatic rings. The van der Waals surface area contributed by atoms with E-state index in [1.54, 1.807) is 0 Å². The third-order valence-corrected chi connectivity index (χ3v) is 4.48. The fourth-order valence-electron chi connectivity index (χ4n) is 2.46. The van der Waals surface area contributed by atoms with Crippen molar-refractivity contribution in [1.82, 2.24) is 10.6 Å². The van der Waals surface area contributed by atoms with E-state index >= 15 is 0 Å². The maximum absolute atomic E-state index is 12.0. The van der Waals surface area contributed by atoms with E-state index in [1.165, 1.54) is 5.56 Å². The molecule has 2 atom stereocenters. The number of halogens is 1. The monoisotopic (exact) mass is 324 g/mol. The second kappa shape index (κ2) is 7.06. The van der Waals surface area contributed by atoms with Crippen LogP contribution in [0.2, 0.25) is 0 Å². The summed E-state index contributed by atoms with van der Waals surface area (Å²) in [6.45, 7) is 4.18. The van der Waals surface area contributed by atoms with Crippen molar-refractivity contribution in [3.63, 3.8) is 0 Å². The smallest absolute Gasteiger partial charge is 0.220 e. The molecule has 0 bridgehead atoms. The van der Waals surface area contributed by atoms with Crippen molar-refractivity contribution in [2.75, 3.05) is 13.1 Å². The highest BCUT2D eigenvalue weighted by atomic mass is 79.9. The van der Waals surface area contributed by atoms with Gasteiger partial charge in [-0.3, -0.25) is 4.79 Å². The standard InChI is InChI=1S/C15H21BrN2O/c1-11-10-17-9-8-14(11)18-15(19)7-6-12-4-2-3-5-13(12)16/h2-5,11,14,17H,6-10H2,1H3,(H,18,19). The van der Waals surface area contributed by atoms with Gasteiger partial charge in [-0.15, -0.1) is 0 Å².